The molecule has 1 nitrogen and oxygen atoms in total. The third-order valence-corrected chi connectivity index (χ3v) is 4.42. The summed E-state index contributed by atoms with van der Waals surface area (Å²) in [6.45, 7) is 6.23. The molecule has 0 radical (unpaired) electrons. The molecule has 2 aromatic rings. The Kier molecular flexibility index (Phi) is 3.81. The van der Waals surface area contributed by atoms with Gasteiger partial charge in [0.15, 0.2) is 5.78 Å². The van der Waals surface area contributed by atoms with E-state index in [2.05, 4.69) is 45.0 Å². The smallest absolute Gasteiger partial charge is 0.168 e. The Balaban J connectivity index is 2.09. The van der Waals surface area contributed by atoms with Crippen LogP contribution in [0.1, 0.15) is 35.6 Å². The second kappa shape index (κ2) is 5.76. The van der Waals surface area contributed by atoms with Gasteiger partial charge < -0.3 is 0 Å². The molecule has 0 aromatic heterocycles. The number of hydrogen-bond donors (Lipinski definition) is 0. The Morgan fingerprint density at radius 1 is 0.864 bits per heavy atom. The minimum Gasteiger partial charge on any atom is -0.294 e. The molecule has 0 atom stereocenters. The number of Topliss-reactive ketones (excluding diaryl/α,β-unsaturated/α-hetero) is 1. The van der Waals surface area contributed by atoms with Gasteiger partial charge in [-0.3, -0.25) is 4.79 Å². The van der Waals surface area contributed by atoms with Gasteiger partial charge in [0, 0.05) is 12.0 Å². The van der Waals surface area contributed by atoms with Crippen LogP contribution in [0.5, 0.6) is 0 Å². The average Bonchev–Trinajstić information content (AvgIpc) is 2.77. The Morgan fingerprint density at radius 3 is 2.18 bits per heavy atom. The lowest BCUT2D eigenvalue weighted by atomic mass is 9.97. The first-order valence-electron chi connectivity index (χ1n) is 7.64. The third kappa shape index (κ3) is 2.55. The Labute approximate surface area is 132 Å². The van der Waals surface area contributed by atoms with Crippen molar-refractivity contribution in [2.75, 3.05) is 0 Å². The molecule has 0 bridgehead atoms. The molecule has 0 N–H and O–H groups in total. The van der Waals surface area contributed by atoms with Crippen LogP contribution < -0.4 is 0 Å². The molecule has 0 amide bonds. The van der Waals surface area contributed by atoms with E-state index in [9.17, 15) is 4.79 Å². The Bertz CT molecular complexity index is 806. The monoisotopic (exact) mass is 288 g/mol. The lowest BCUT2D eigenvalue weighted by Crippen LogP contribution is -1.97. The standard InChI is InChI=1S/C21H20O/c1-14-8-4-6-10-17(14)12-18-13-20(22)21(16(18)3)19-11-7-5-9-15(19)2/h4-12H,13H2,1-3H3/b18-12-. The zero-order valence-corrected chi connectivity index (χ0v) is 13.3. The van der Waals surface area contributed by atoms with Crippen LogP contribution in [0.25, 0.3) is 11.6 Å². The van der Waals surface area contributed by atoms with E-state index in [1.807, 2.05) is 30.3 Å². The summed E-state index contributed by atoms with van der Waals surface area (Å²) in [6, 6.07) is 16.4. The van der Waals surface area contributed by atoms with Gasteiger partial charge in [-0.1, -0.05) is 54.6 Å². The lowest BCUT2D eigenvalue weighted by molar-refractivity contribution is -0.112. The normalized spacial score (nSPS) is 16.7. The van der Waals surface area contributed by atoms with Crippen molar-refractivity contribution in [2.45, 2.75) is 27.2 Å². The molecule has 1 heteroatoms. The highest BCUT2D eigenvalue weighted by Gasteiger charge is 2.26. The minimum atomic E-state index is 0.228. The molecule has 2 aromatic carbocycles. The molecule has 1 aliphatic carbocycles. The van der Waals surface area contributed by atoms with Crippen LogP contribution in [0.4, 0.5) is 0 Å². The highest BCUT2D eigenvalue weighted by Crippen LogP contribution is 2.37. The fourth-order valence-corrected chi connectivity index (χ4v) is 3.06. The van der Waals surface area contributed by atoms with Gasteiger partial charge in [-0.2, -0.15) is 0 Å². The largest absolute Gasteiger partial charge is 0.294 e. The highest BCUT2D eigenvalue weighted by molar-refractivity contribution is 6.27. The maximum Gasteiger partial charge on any atom is 0.168 e. The van der Waals surface area contributed by atoms with Crippen molar-refractivity contribution in [3.05, 3.63) is 81.9 Å². The molecule has 22 heavy (non-hydrogen) atoms. The average molecular weight is 288 g/mol. The van der Waals surface area contributed by atoms with Crippen LogP contribution in [0.15, 0.2) is 59.7 Å². The summed E-state index contributed by atoms with van der Waals surface area (Å²) in [6.07, 6.45) is 2.66. The summed E-state index contributed by atoms with van der Waals surface area (Å²) in [7, 11) is 0. The molecule has 0 unspecified atom stereocenters. The number of allylic oxidation sites excluding steroid dienone is 3. The molecule has 0 aliphatic heterocycles. The molecular formula is C21H20O. The first-order valence-corrected chi connectivity index (χ1v) is 7.64. The van der Waals surface area contributed by atoms with Gasteiger partial charge >= 0.3 is 0 Å². The van der Waals surface area contributed by atoms with Gasteiger partial charge in [0.25, 0.3) is 0 Å². The summed E-state index contributed by atoms with van der Waals surface area (Å²) in [5, 5.41) is 0. The zero-order chi connectivity index (χ0) is 15.7. The van der Waals surface area contributed by atoms with E-state index in [1.54, 1.807) is 0 Å². The molecule has 0 heterocycles. The molecule has 0 saturated heterocycles. The molecule has 0 fully saturated rings. The van der Waals surface area contributed by atoms with E-state index in [1.165, 1.54) is 11.1 Å². The molecular weight excluding hydrogens is 268 g/mol. The predicted molar refractivity (Wildman–Crippen MR) is 92.6 cm³/mol. The Morgan fingerprint density at radius 2 is 1.50 bits per heavy atom. The third-order valence-electron chi connectivity index (χ3n) is 4.42. The van der Waals surface area contributed by atoms with Gasteiger partial charge in [-0.15, -0.1) is 0 Å². The van der Waals surface area contributed by atoms with Gasteiger partial charge in [0.1, 0.15) is 0 Å². The van der Waals surface area contributed by atoms with Crippen LogP contribution in [0, 0.1) is 13.8 Å². The summed E-state index contributed by atoms with van der Waals surface area (Å²) in [5.74, 6) is 0.228. The van der Waals surface area contributed by atoms with Crippen LogP contribution >= 0.6 is 0 Å². The van der Waals surface area contributed by atoms with Crippen LogP contribution in [0.2, 0.25) is 0 Å². The van der Waals surface area contributed by atoms with E-state index < -0.39 is 0 Å². The number of carbonyl (C=O) groups excluding carboxylic acids is 1. The second-order valence-corrected chi connectivity index (χ2v) is 5.94. The van der Waals surface area contributed by atoms with Crippen molar-refractivity contribution >= 4 is 17.4 Å². The molecule has 0 spiro atoms. The first kappa shape index (κ1) is 14.5. The molecule has 110 valence electrons. The van der Waals surface area contributed by atoms with Crippen molar-refractivity contribution < 1.29 is 4.79 Å². The maximum atomic E-state index is 12.5. The number of carbonyl (C=O) groups is 1. The first-order chi connectivity index (χ1) is 10.6. The van der Waals surface area contributed by atoms with Crippen molar-refractivity contribution in [2.24, 2.45) is 0 Å². The second-order valence-electron chi connectivity index (χ2n) is 5.94. The van der Waals surface area contributed by atoms with E-state index >= 15 is 0 Å². The van der Waals surface area contributed by atoms with Crippen LogP contribution in [-0.4, -0.2) is 5.78 Å². The SMILES string of the molecule is CC1=C(c2ccccc2C)C(=O)C/C1=C/c1ccccc1C. The number of ketones is 1. The number of hydrogen-bond acceptors (Lipinski definition) is 1. The van der Waals surface area contributed by atoms with Crippen LogP contribution in [0.3, 0.4) is 0 Å². The Hall–Kier alpha value is -2.41. The topological polar surface area (TPSA) is 17.1 Å². The zero-order valence-electron chi connectivity index (χ0n) is 13.3. The summed E-state index contributed by atoms with van der Waals surface area (Å²) < 4.78 is 0. The molecule has 0 saturated carbocycles. The fraction of sp³-hybridized carbons (Fsp3) is 0.190. The summed E-state index contributed by atoms with van der Waals surface area (Å²) in [4.78, 5) is 12.5. The molecule has 1 aliphatic rings. The van der Waals surface area contributed by atoms with Crippen molar-refractivity contribution in [1.82, 2.24) is 0 Å². The van der Waals surface area contributed by atoms with Gasteiger partial charge in [-0.05, 0) is 54.2 Å². The van der Waals surface area contributed by atoms with E-state index in [0.29, 0.717) is 6.42 Å². The van der Waals surface area contributed by atoms with E-state index in [-0.39, 0.29) is 5.78 Å². The highest BCUT2D eigenvalue weighted by atomic mass is 16.1. The van der Waals surface area contributed by atoms with Crippen molar-refractivity contribution in [1.29, 1.82) is 0 Å². The minimum absolute atomic E-state index is 0.228. The van der Waals surface area contributed by atoms with Crippen LogP contribution in [-0.2, 0) is 4.79 Å². The maximum absolute atomic E-state index is 12.5. The summed E-state index contributed by atoms with van der Waals surface area (Å²) in [5.41, 5.74) is 7.79. The summed E-state index contributed by atoms with van der Waals surface area (Å²) >= 11 is 0. The fourth-order valence-electron chi connectivity index (χ4n) is 3.06. The molecule has 3 rings (SSSR count). The number of rotatable bonds is 2. The van der Waals surface area contributed by atoms with Crippen molar-refractivity contribution in [3.8, 4) is 0 Å². The number of aryl methyl sites for hydroxylation is 2. The predicted octanol–water partition coefficient (Wildman–Crippen LogP) is 5.13. The van der Waals surface area contributed by atoms with Gasteiger partial charge in [0.05, 0.1) is 0 Å². The van der Waals surface area contributed by atoms with Gasteiger partial charge in [0.2, 0.25) is 0 Å². The van der Waals surface area contributed by atoms with E-state index in [0.717, 1.165) is 27.8 Å². The number of benzene rings is 2. The van der Waals surface area contributed by atoms with E-state index in [4.69, 9.17) is 0 Å². The lowest BCUT2D eigenvalue weighted by Gasteiger charge is -2.07. The quantitative estimate of drug-likeness (QED) is 0.748. The van der Waals surface area contributed by atoms with Gasteiger partial charge in [-0.25, -0.2) is 0 Å². The van der Waals surface area contributed by atoms with Crippen molar-refractivity contribution in [3.63, 3.8) is 0 Å².